The number of phosphoric acid groups is 1. The van der Waals surface area contributed by atoms with Crippen molar-refractivity contribution in [1.82, 2.24) is 5.32 Å². The average Bonchev–Trinajstić information content (AvgIpc) is 3.10. The van der Waals surface area contributed by atoms with Crippen LogP contribution < -0.4 is 5.32 Å². The third-order valence-electron chi connectivity index (χ3n) is 9.29. The van der Waals surface area contributed by atoms with Crippen molar-refractivity contribution in [3.63, 3.8) is 0 Å². The number of aliphatic hydroxyl groups excluding tert-OH is 1. The van der Waals surface area contributed by atoms with Gasteiger partial charge in [-0.2, -0.15) is 0 Å². The molecule has 50 heavy (non-hydrogen) atoms. The molecule has 2 atom stereocenters. The summed E-state index contributed by atoms with van der Waals surface area (Å²) in [4.78, 5) is 33.8. The Morgan fingerprint density at radius 3 is 1.30 bits per heavy atom. The maximum absolute atomic E-state index is 12.0. The van der Waals surface area contributed by atoms with Gasteiger partial charge in [-0.3, -0.25) is 18.6 Å². The zero-order chi connectivity index (χ0) is 36.8. The van der Waals surface area contributed by atoms with Crippen molar-refractivity contribution in [1.29, 1.82) is 0 Å². The fraction of sp³-hybridized carbons (Fsp3) is 0.950. The number of carbonyl (C=O) groups excluding carboxylic acids is 2. The normalized spacial score (nSPS) is 13.3. The van der Waals surface area contributed by atoms with Gasteiger partial charge in [0.05, 0.1) is 13.2 Å². The zero-order valence-electron chi connectivity index (χ0n) is 32.6. The fourth-order valence-corrected chi connectivity index (χ4v) is 6.84. The maximum Gasteiger partial charge on any atom is 0.472 e. The molecular weight excluding hydrogens is 653 g/mol. The van der Waals surface area contributed by atoms with Gasteiger partial charge in [0.2, 0.25) is 5.91 Å². The molecule has 0 heterocycles. The summed E-state index contributed by atoms with van der Waals surface area (Å²) in [7, 11) is -4.40. The molecule has 9 nitrogen and oxygen atoms in total. The van der Waals surface area contributed by atoms with Crippen LogP contribution in [0.1, 0.15) is 213 Å². The first-order valence-electron chi connectivity index (χ1n) is 21.0. The second-order valence-electron chi connectivity index (χ2n) is 14.3. The molecule has 10 heteroatoms. The number of rotatable bonds is 40. The zero-order valence-corrected chi connectivity index (χ0v) is 33.5. The Balaban J connectivity index is 3.54. The largest absolute Gasteiger partial charge is 0.472 e. The fourth-order valence-electron chi connectivity index (χ4n) is 6.09. The molecule has 0 aromatic rings. The van der Waals surface area contributed by atoms with Gasteiger partial charge in [0, 0.05) is 19.4 Å². The molecule has 0 fully saturated rings. The van der Waals surface area contributed by atoms with E-state index in [1.165, 1.54) is 148 Å². The molecule has 0 aliphatic heterocycles. The summed E-state index contributed by atoms with van der Waals surface area (Å²) in [6.45, 7) is 3.57. The summed E-state index contributed by atoms with van der Waals surface area (Å²) in [6.07, 6.45) is 36.1. The number of amides is 1. The second kappa shape index (κ2) is 37.8. The van der Waals surface area contributed by atoms with Crippen LogP contribution in [0.4, 0.5) is 0 Å². The highest BCUT2D eigenvalue weighted by Gasteiger charge is 2.23. The number of aliphatic hydroxyl groups is 1. The number of hydrogen-bond acceptors (Lipinski definition) is 7. The van der Waals surface area contributed by atoms with E-state index in [1.807, 2.05) is 0 Å². The minimum absolute atomic E-state index is 0.0874. The van der Waals surface area contributed by atoms with E-state index in [-0.39, 0.29) is 25.7 Å². The van der Waals surface area contributed by atoms with Crippen molar-refractivity contribution in [2.24, 2.45) is 0 Å². The summed E-state index contributed by atoms with van der Waals surface area (Å²) in [5.74, 6) is -0.507. The monoisotopic (exact) mass is 734 g/mol. The quantitative estimate of drug-likeness (QED) is 0.0322. The van der Waals surface area contributed by atoms with E-state index in [4.69, 9.17) is 13.8 Å². The van der Waals surface area contributed by atoms with E-state index in [1.54, 1.807) is 0 Å². The molecule has 0 saturated carbocycles. The summed E-state index contributed by atoms with van der Waals surface area (Å²) < 4.78 is 26.8. The van der Waals surface area contributed by atoms with Gasteiger partial charge in [-0.25, -0.2) is 4.57 Å². The van der Waals surface area contributed by atoms with Gasteiger partial charge < -0.3 is 20.1 Å². The summed E-state index contributed by atoms with van der Waals surface area (Å²) >= 11 is 0. The van der Waals surface area contributed by atoms with Crippen LogP contribution in [0.15, 0.2) is 0 Å². The molecule has 2 unspecified atom stereocenters. The lowest BCUT2D eigenvalue weighted by Gasteiger charge is -2.15. The second-order valence-corrected chi connectivity index (χ2v) is 15.8. The molecule has 298 valence electrons. The Kier molecular flexibility index (Phi) is 37.0. The molecule has 0 aromatic carbocycles. The summed E-state index contributed by atoms with van der Waals surface area (Å²) in [5, 5.41) is 12.7. The first-order chi connectivity index (χ1) is 24.3. The highest BCUT2D eigenvalue weighted by molar-refractivity contribution is 7.47. The Labute approximate surface area is 307 Å². The number of esters is 1. The van der Waals surface area contributed by atoms with Crippen LogP contribution in [0, 0.1) is 0 Å². The minimum Gasteiger partial charge on any atom is -0.463 e. The SMILES string of the molecule is CCCCCCCCCCCCCCCCCCCCCC(=O)OCC(O)COP(=O)(O)OCCNC(=O)CCCCCCCCCCCC. The molecule has 0 bridgehead atoms. The van der Waals surface area contributed by atoms with E-state index in [2.05, 4.69) is 19.2 Å². The van der Waals surface area contributed by atoms with Crippen LogP contribution in [0.2, 0.25) is 0 Å². The van der Waals surface area contributed by atoms with Gasteiger partial charge in [0.15, 0.2) is 0 Å². The van der Waals surface area contributed by atoms with Gasteiger partial charge in [0.25, 0.3) is 0 Å². The van der Waals surface area contributed by atoms with Crippen molar-refractivity contribution in [3.05, 3.63) is 0 Å². The van der Waals surface area contributed by atoms with Crippen molar-refractivity contribution in [2.75, 3.05) is 26.4 Å². The molecule has 3 N–H and O–H groups in total. The Bertz CT molecular complexity index is 799. The predicted molar refractivity (Wildman–Crippen MR) is 206 cm³/mol. The maximum atomic E-state index is 12.0. The lowest BCUT2D eigenvalue weighted by Crippen LogP contribution is -2.27. The Hall–Kier alpha value is -0.990. The first-order valence-corrected chi connectivity index (χ1v) is 22.5. The van der Waals surface area contributed by atoms with Crippen LogP contribution in [-0.2, 0) is 27.9 Å². The molecule has 0 aromatic heterocycles. The van der Waals surface area contributed by atoms with Crippen LogP contribution in [0.5, 0.6) is 0 Å². The minimum atomic E-state index is -4.40. The number of phosphoric ester groups is 1. The molecule has 0 aliphatic carbocycles. The highest BCUT2D eigenvalue weighted by atomic mass is 31.2. The van der Waals surface area contributed by atoms with E-state index in [0.717, 1.165) is 38.5 Å². The molecule has 0 saturated heterocycles. The number of unbranched alkanes of at least 4 members (excludes halogenated alkanes) is 27. The standard InChI is InChI=1S/C40H80NO8P/c1-3-5-7-9-11-13-15-16-17-18-19-20-21-22-23-25-27-29-31-33-40(44)47-36-38(42)37-49-50(45,46)48-35-34-41-39(43)32-30-28-26-24-14-12-10-8-6-4-2/h38,42H,3-37H2,1-2H3,(H,41,43)(H,45,46). The lowest BCUT2D eigenvalue weighted by molar-refractivity contribution is -0.147. The number of hydrogen-bond donors (Lipinski definition) is 3. The van der Waals surface area contributed by atoms with Crippen molar-refractivity contribution in [3.8, 4) is 0 Å². The van der Waals surface area contributed by atoms with Gasteiger partial charge >= 0.3 is 13.8 Å². The number of ether oxygens (including phenoxy) is 1. The van der Waals surface area contributed by atoms with Gasteiger partial charge in [-0.15, -0.1) is 0 Å². The highest BCUT2D eigenvalue weighted by Crippen LogP contribution is 2.42. The van der Waals surface area contributed by atoms with E-state index < -0.39 is 26.5 Å². The lowest BCUT2D eigenvalue weighted by atomic mass is 10.0. The number of carbonyl (C=O) groups is 2. The van der Waals surface area contributed by atoms with Crippen LogP contribution >= 0.6 is 7.82 Å². The van der Waals surface area contributed by atoms with Crippen molar-refractivity contribution >= 4 is 19.7 Å². The van der Waals surface area contributed by atoms with Gasteiger partial charge in [0.1, 0.15) is 12.7 Å². The van der Waals surface area contributed by atoms with E-state index >= 15 is 0 Å². The smallest absolute Gasteiger partial charge is 0.463 e. The van der Waals surface area contributed by atoms with Gasteiger partial charge in [-0.05, 0) is 12.8 Å². The molecular formula is C40H80NO8P. The van der Waals surface area contributed by atoms with Crippen LogP contribution in [-0.4, -0.2) is 54.3 Å². The topological polar surface area (TPSA) is 131 Å². The molecule has 0 rings (SSSR count). The van der Waals surface area contributed by atoms with Crippen molar-refractivity contribution < 1.29 is 37.9 Å². The van der Waals surface area contributed by atoms with Crippen molar-refractivity contribution in [2.45, 2.75) is 219 Å². The molecule has 1 amide bonds. The number of nitrogens with one attached hydrogen (secondary N) is 1. The third-order valence-corrected chi connectivity index (χ3v) is 10.3. The van der Waals surface area contributed by atoms with Crippen LogP contribution in [0.3, 0.4) is 0 Å². The van der Waals surface area contributed by atoms with E-state index in [9.17, 15) is 24.2 Å². The first kappa shape index (κ1) is 49.0. The predicted octanol–water partition coefficient (Wildman–Crippen LogP) is 11.3. The Morgan fingerprint density at radius 2 is 0.900 bits per heavy atom. The summed E-state index contributed by atoms with van der Waals surface area (Å²) in [6, 6.07) is 0. The molecule has 0 aliphatic rings. The van der Waals surface area contributed by atoms with Crippen LogP contribution in [0.25, 0.3) is 0 Å². The average molecular weight is 734 g/mol. The molecule has 0 spiro atoms. The summed E-state index contributed by atoms with van der Waals surface area (Å²) in [5.41, 5.74) is 0. The van der Waals surface area contributed by atoms with E-state index in [0.29, 0.717) is 12.8 Å². The van der Waals surface area contributed by atoms with Gasteiger partial charge in [-0.1, -0.05) is 187 Å². The third kappa shape index (κ3) is 38.2. The molecule has 0 radical (unpaired) electrons. The Morgan fingerprint density at radius 1 is 0.540 bits per heavy atom.